The standard InChI is InChI=1S/C21H18ClF3N6O/c1-12-10-31(11-26-12)17-7-4-13(8-18(17)32-3)19-28-20(30(2)29-19)27-16-6-5-14(22)9-15(16)21(23,24)25/h4-11H,1-3H3,(H,27,28,29). The smallest absolute Gasteiger partial charge is 0.418 e. The van der Waals surface area contributed by atoms with E-state index in [1.165, 1.54) is 16.8 Å². The van der Waals surface area contributed by atoms with Gasteiger partial charge in [-0.2, -0.15) is 18.2 Å². The predicted octanol–water partition coefficient (Wildman–Crippen LogP) is 5.40. The summed E-state index contributed by atoms with van der Waals surface area (Å²) < 4.78 is 48.9. The van der Waals surface area contributed by atoms with Crippen LogP contribution in [0, 0.1) is 6.92 Å². The van der Waals surface area contributed by atoms with Crippen molar-refractivity contribution in [2.24, 2.45) is 7.05 Å². The van der Waals surface area contributed by atoms with E-state index in [0.717, 1.165) is 17.4 Å². The first-order valence-electron chi connectivity index (χ1n) is 9.40. The number of aromatic nitrogens is 5. The Morgan fingerprint density at radius 3 is 2.56 bits per heavy atom. The van der Waals surface area contributed by atoms with Gasteiger partial charge in [-0.1, -0.05) is 11.6 Å². The fourth-order valence-electron chi connectivity index (χ4n) is 3.18. The van der Waals surface area contributed by atoms with Crippen molar-refractivity contribution in [3.8, 4) is 22.8 Å². The molecule has 7 nitrogen and oxygen atoms in total. The number of benzene rings is 2. The van der Waals surface area contributed by atoms with Crippen molar-refractivity contribution in [2.45, 2.75) is 13.1 Å². The Labute approximate surface area is 186 Å². The molecule has 32 heavy (non-hydrogen) atoms. The van der Waals surface area contributed by atoms with Crippen molar-refractivity contribution < 1.29 is 17.9 Å². The molecule has 0 amide bonds. The van der Waals surface area contributed by atoms with Gasteiger partial charge in [0.05, 0.1) is 36.1 Å². The van der Waals surface area contributed by atoms with Crippen molar-refractivity contribution in [2.75, 3.05) is 12.4 Å². The van der Waals surface area contributed by atoms with Crippen LogP contribution < -0.4 is 10.1 Å². The Morgan fingerprint density at radius 2 is 1.91 bits per heavy atom. The number of hydrogen-bond acceptors (Lipinski definition) is 5. The fraction of sp³-hybridized carbons (Fsp3) is 0.190. The van der Waals surface area contributed by atoms with E-state index in [0.29, 0.717) is 17.1 Å². The minimum atomic E-state index is -4.58. The zero-order valence-electron chi connectivity index (χ0n) is 17.3. The van der Waals surface area contributed by atoms with E-state index in [9.17, 15) is 13.2 Å². The van der Waals surface area contributed by atoms with Crippen LogP contribution in [0.3, 0.4) is 0 Å². The number of alkyl halides is 3. The first-order valence-corrected chi connectivity index (χ1v) is 9.77. The SMILES string of the molecule is COc1cc(-c2nc(Nc3ccc(Cl)cc3C(F)(F)F)n(C)n2)ccc1-n1cnc(C)c1. The lowest BCUT2D eigenvalue weighted by Crippen LogP contribution is -2.10. The van der Waals surface area contributed by atoms with Crippen molar-refractivity contribution >= 4 is 23.2 Å². The highest BCUT2D eigenvalue weighted by Gasteiger charge is 2.34. The molecule has 0 aliphatic rings. The van der Waals surface area contributed by atoms with Gasteiger partial charge in [0, 0.05) is 23.8 Å². The number of nitrogens with one attached hydrogen (secondary N) is 1. The van der Waals surface area contributed by atoms with Crippen LogP contribution in [0.2, 0.25) is 5.02 Å². The molecule has 2 heterocycles. The van der Waals surface area contributed by atoms with Crippen LogP contribution in [-0.2, 0) is 13.2 Å². The van der Waals surface area contributed by atoms with Gasteiger partial charge >= 0.3 is 6.18 Å². The number of aryl methyl sites for hydroxylation is 2. The minimum Gasteiger partial charge on any atom is -0.495 e. The summed E-state index contributed by atoms with van der Waals surface area (Å²) in [6.07, 6.45) is -1.04. The molecule has 0 fully saturated rings. The zero-order valence-corrected chi connectivity index (χ0v) is 18.0. The van der Waals surface area contributed by atoms with Gasteiger partial charge in [-0.15, -0.1) is 5.10 Å². The van der Waals surface area contributed by atoms with Gasteiger partial charge in [-0.05, 0) is 43.3 Å². The van der Waals surface area contributed by atoms with Gasteiger partial charge in [0.1, 0.15) is 5.75 Å². The highest BCUT2D eigenvalue weighted by molar-refractivity contribution is 6.30. The van der Waals surface area contributed by atoms with Crippen LogP contribution in [0.4, 0.5) is 24.8 Å². The number of anilines is 2. The Morgan fingerprint density at radius 1 is 1.12 bits per heavy atom. The van der Waals surface area contributed by atoms with E-state index >= 15 is 0 Å². The molecule has 0 unspecified atom stereocenters. The van der Waals surface area contributed by atoms with E-state index in [4.69, 9.17) is 16.3 Å². The van der Waals surface area contributed by atoms with Crippen molar-refractivity contribution in [1.29, 1.82) is 0 Å². The fourth-order valence-corrected chi connectivity index (χ4v) is 3.35. The summed E-state index contributed by atoms with van der Waals surface area (Å²) in [5.74, 6) is 1.03. The summed E-state index contributed by atoms with van der Waals surface area (Å²) >= 11 is 5.75. The number of ether oxygens (including phenoxy) is 1. The lowest BCUT2D eigenvalue weighted by molar-refractivity contribution is -0.136. The number of halogens is 4. The lowest BCUT2D eigenvalue weighted by Gasteiger charge is -2.14. The van der Waals surface area contributed by atoms with Gasteiger partial charge < -0.3 is 14.6 Å². The number of nitrogens with zero attached hydrogens (tertiary/aromatic N) is 5. The molecule has 0 spiro atoms. The summed E-state index contributed by atoms with van der Waals surface area (Å²) in [5, 5.41) is 7.02. The highest BCUT2D eigenvalue weighted by atomic mass is 35.5. The van der Waals surface area contributed by atoms with Gasteiger partial charge in [0.15, 0.2) is 5.82 Å². The maximum absolute atomic E-state index is 13.4. The molecule has 0 radical (unpaired) electrons. The Kier molecular flexibility index (Phi) is 5.55. The minimum absolute atomic E-state index is 0.0122. The third-order valence-corrected chi connectivity index (χ3v) is 4.96. The number of rotatable bonds is 5. The number of hydrogen-bond donors (Lipinski definition) is 1. The summed E-state index contributed by atoms with van der Waals surface area (Å²) in [7, 11) is 3.13. The first-order chi connectivity index (χ1) is 15.2. The molecular weight excluding hydrogens is 445 g/mol. The monoisotopic (exact) mass is 462 g/mol. The van der Waals surface area contributed by atoms with Crippen molar-refractivity contribution in [3.63, 3.8) is 0 Å². The Hall–Kier alpha value is -3.53. The molecule has 4 aromatic rings. The Balaban J connectivity index is 1.68. The van der Waals surface area contributed by atoms with Gasteiger partial charge in [0.25, 0.3) is 0 Å². The summed E-state index contributed by atoms with van der Waals surface area (Å²) in [6.45, 7) is 1.88. The van der Waals surface area contributed by atoms with Crippen LogP contribution >= 0.6 is 11.6 Å². The van der Waals surface area contributed by atoms with Crippen LogP contribution in [0.25, 0.3) is 17.1 Å². The molecule has 2 aromatic heterocycles. The molecule has 0 bridgehead atoms. The molecule has 4 rings (SSSR count). The molecule has 0 saturated carbocycles. The van der Waals surface area contributed by atoms with Crippen LogP contribution in [0.15, 0.2) is 48.9 Å². The molecule has 2 aromatic carbocycles. The lowest BCUT2D eigenvalue weighted by atomic mass is 10.1. The summed E-state index contributed by atoms with van der Waals surface area (Å²) in [5.41, 5.74) is 1.21. The molecule has 0 saturated heterocycles. The van der Waals surface area contributed by atoms with E-state index in [1.807, 2.05) is 23.8 Å². The Bertz CT molecular complexity index is 1280. The topological polar surface area (TPSA) is 69.8 Å². The molecule has 166 valence electrons. The second-order valence-corrected chi connectivity index (χ2v) is 7.44. The molecule has 0 aliphatic carbocycles. The number of imidazole rings is 1. The van der Waals surface area contributed by atoms with Crippen LogP contribution in [-0.4, -0.2) is 31.4 Å². The predicted molar refractivity (Wildman–Crippen MR) is 115 cm³/mol. The molecule has 11 heteroatoms. The molecule has 0 atom stereocenters. The third-order valence-electron chi connectivity index (χ3n) is 4.72. The molecule has 1 N–H and O–H groups in total. The maximum Gasteiger partial charge on any atom is 0.418 e. The van der Waals surface area contributed by atoms with E-state index < -0.39 is 11.7 Å². The van der Waals surface area contributed by atoms with E-state index in [-0.39, 0.29) is 16.7 Å². The maximum atomic E-state index is 13.4. The van der Waals surface area contributed by atoms with E-state index in [1.54, 1.807) is 32.6 Å². The number of methoxy groups -OCH3 is 1. The van der Waals surface area contributed by atoms with Crippen LogP contribution in [0.1, 0.15) is 11.3 Å². The second-order valence-electron chi connectivity index (χ2n) is 7.00. The normalized spacial score (nSPS) is 11.6. The molecular formula is C21H18ClF3N6O. The largest absolute Gasteiger partial charge is 0.495 e. The average molecular weight is 463 g/mol. The first kappa shape index (κ1) is 21.7. The highest BCUT2D eigenvalue weighted by Crippen LogP contribution is 2.37. The second kappa shape index (κ2) is 8.19. The van der Waals surface area contributed by atoms with Crippen molar-refractivity contribution in [3.05, 3.63) is 65.2 Å². The van der Waals surface area contributed by atoms with Gasteiger partial charge in [-0.3, -0.25) is 0 Å². The third kappa shape index (κ3) is 4.26. The average Bonchev–Trinajstić information content (AvgIpc) is 3.33. The van der Waals surface area contributed by atoms with Crippen molar-refractivity contribution in [1.82, 2.24) is 24.3 Å². The zero-order chi connectivity index (χ0) is 23.0. The summed E-state index contributed by atoms with van der Waals surface area (Å²) in [4.78, 5) is 8.58. The summed E-state index contributed by atoms with van der Waals surface area (Å²) in [6, 6.07) is 8.88. The quantitative estimate of drug-likeness (QED) is 0.430. The van der Waals surface area contributed by atoms with Gasteiger partial charge in [-0.25, -0.2) is 9.67 Å². The van der Waals surface area contributed by atoms with E-state index in [2.05, 4.69) is 20.4 Å². The van der Waals surface area contributed by atoms with Crippen LogP contribution in [0.5, 0.6) is 5.75 Å². The molecule has 0 aliphatic heterocycles. The van der Waals surface area contributed by atoms with Gasteiger partial charge in [0.2, 0.25) is 5.95 Å².